The minimum absolute atomic E-state index is 0.946. The molecule has 2 saturated carbocycles. The lowest BCUT2D eigenvalue weighted by molar-refractivity contribution is 0.310. The molecule has 92 valence electrons. The Kier molecular flexibility index (Phi) is 3.49. The van der Waals surface area contributed by atoms with Gasteiger partial charge >= 0.3 is 0 Å². The zero-order valence-corrected chi connectivity index (χ0v) is 10.5. The third kappa shape index (κ3) is 2.78. The van der Waals surface area contributed by atoms with E-state index in [1.807, 2.05) is 0 Å². The van der Waals surface area contributed by atoms with Crippen LogP contribution in [0, 0.1) is 11.8 Å². The highest BCUT2D eigenvalue weighted by molar-refractivity contribution is 4.90. The molecule has 1 unspecified atom stereocenters. The molecule has 0 aromatic carbocycles. The zero-order valence-electron chi connectivity index (χ0n) is 10.5. The molecule has 1 heterocycles. The summed E-state index contributed by atoms with van der Waals surface area (Å²) in [5, 5.41) is 3.72. The highest BCUT2D eigenvalue weighted by Crippen LogP contribution is 2.31. The van der Waals surface area contributed by atoms with Gasteiger partial charge in [-0.15, -0.1) is 0 Å². The minimum Gasteiger partial charge on any atom is -0.316 e. The lowest BCUT2D eigenvalue weighted by atomic mass is 10.1. The fourth-order valence-electron chi connectivity index (χ4n) is 3.51. The van der Waals surface area contributed by atoms with E-state index in [2.05, 4.69) is 10.2 Å². The lowest BCUT2D eigenvalue weighted by Gasteiger charge is -2.16. The van der Waals surface area contributed by atoms with Crippen LogP contribution in [0.15, 0.2) is 0 Å². The Bertz CT molecular complexity index is 219. The van der Waals surface area contributed by atoms with Crippen LogP contribution in [0.2, 0.25) is 0 Å². The molecule has 16 heavy (non-hydrogen) atoms. The topological polar surface area (TPSA) is 15.3 Å². The summed E-state index contributed by atoms with van der Waals surface area (Å²) in [6.07, 6.45) is 10.3. The van der Waals surface area contributed by atoms with Gasteiger partial charge in [0.25, 0.3) is 0 Å². The summed E-state index contributed by atoms with van der Waals surface area (Å²) < 4.78 is 0. The van der Waals surface area contributed by atoms with Gasteiger partial charge in [-0.25, -0.2) is 0 Å². The predicted molar refractivity (Wildman–Crippen MR) is 67.5 cm³/mol. The van der Waals surface area contributed by atoms with E-state index >= 15 is 0 Å². The Balaban J connectivity index is 1.30. The van der Waals surface area contributed by atoms with Crippen LogP contribution in [0.3, 0.4) is 0 Å². The number of hydrogen-bond acceptors (Lipinski definition) is 2. The second-order valence-electron chi connectivity index (χ2n) is 6.19. The SMILES string of the molecule is C1CCC(CNCC2CCN(C3CC3)C2)C1. The fraction of sp³-hybridized carbons (Fsp3) is 1.00. The van der Waals surface area contributed by atoms with Crippen molar-refractivity contribution in [2.24, 2.45) is 11.8 Å². The number of rotatable bonds is 5. The van der Waals surface area contributed by atoms with Crippen molar-refractivity contribution in [3.05, 3.63) is 0 Å². The molecule has 0 amide bonds. The minimum atomic E-state index is 0.946. The quantitative estimate of drug-likeness (QED) is 0.767. The highest BCUT2D eigenvalue weighted by Gasteiger charge is 2.34. The number of likely N-dealkylation sites (tertiary alicyclic amines) is 1. The zero-order chi connectivity index (χ0) is 10.8. The number of hydrogen-bond donors (Lipinski definition) is 1. The van der Waals surface area contributed by atoms with Crippen LogP contribution in [0.1, 0.15) is 44.9 Å². The van der Waals surface area contributed by atoms with E-state index in [4.69, 9.17) is 0 Å². The average molecular weight is 222 g/mol. The summed E-state index contributed by atoms with van der Waals surface area (Å²) in [5.74, 6) is 1.95. The van der Waals surface area contributed by atoms with E-state index in [0.29, 0.717) is 0 Å². The van der Waals surface area contributed by atoms with E-state index in [-0.39, 0.29) is 0 Å². The first-order chi connectivity index (χ1) is 7.92. The first kappa shape index (κ1) is 11.0. The molecule has 0 aromatic rings. The van der Waals surface area contributed by atoms with Gasteiger partial charge in [-0.3, -0.25) is 0 Å². The Hall–Kier alpha value is -0.0800. The summed E-state index contributed by atoms with van der Waals surface area (Å²) in [5.41, 5.74) is 0. The van der Waals surface area contributed by atoms with Gasteiger partial charge in [-0.05, 0) is 63.6 Å². The summed E-state index contributed by atoms with van der Waals surface area (Å²) in [6, 6.07) is 0.986. The van der Waals surface area contributed by atoms with Crippen molar-refractivity contribution in [1.82, 2.24) is 10.2 Å². The van der Waals surface area contributed by atoms with Gasteiger partial charge in [-0.1, -0.05) is 12.8 Å². The second kappa shape index (κ2) is 5.05. The van der Waals surface area contributed by atoms with Crippen molar-refractivity contribution in [2.75, 3.05) is 26.2 Å². The third-order valence-corrected chi connectivity index (χ3v) is 4.72. The standard InChI is InChI=1S/C14H26N2/c1-2-4-12(3-1)9-15-10-13-7-8-16(11-13)14-5-6-14/h12-15H,1-11H2. The van der Waals surface area contributed by atoms with Crippen LogP contribution in [0.25, 0.3) is 0 Å². The van der Waals surface area contributed by atoms with Crippen molar-refractivity contribution in [3.63, 3.8) is 0 Å². The maximum absolute atomic E-state index is 3.72. The van der Waals surface area contributed by atoms with E-state index in [0.717, 1.165) is 17.9 Å². The molecule has 0 aromatic heterocycles. The molecule has 2 nitrogen and oxygen atoms in total. The summed E-state index contributed by atoms with van der Waals surface area (Å²) in [6.45, 7) is 5.32. The van der Waals surface area contributed by atoms with Crippen LogP contribution in [-0.2, 0) is 0 Å². The smallest absolute Gasteiger partial charge is 0.00965 e. The molecule has 0 radical (unpaired) electrons. The highest BCUT2D eigenvalue weighted by atomic mass is 15.2. The molecule has 3 fully saturated rings. The van der Waals surface area contributed by atoms with Crippen molar-refractivity contribution in [1.29, 1.82) is 0 Å². The van der Waals surface area contributed by atoms with Crippen molar-refractivity contribution in [2.45, 2.75) is 51.0 Å². The monoisotopic (exact) mass is 222 g/mol. The Morgan fingerprint density at radius 2 is 1.62 bits per heavy atom. The van der Waals surface area contributed by atoms with Gasteiger partial charge in [0.15, 0.2) is 0 Å². The molecule has 1 atom stereocenters. The van der Waals surface area contributed by atoms with Gasteiger partial charge < -0.3 is 10.2 Å². The largest absolute Gasteiger partial charge is 0.316 e. The van der Waals surface area contributed by atoms with E-state index in [1.54, 1.807) is 0 Å². The molecular weight excluding hydrogens is 196 g/mol. The molecule has 1 N–H and O–H groups in total. The molecule has 0 bridgehead atoms. The fourth-order valence-corrected chi connectivity index (χ4v) is 3.51. The van der Waals surface area contributed by atoms with Crippen molar-refractivity contribution < 1.29 is 0 Å². The van der Waals surface area contributed by atoms with Crippen LogP contribution < -0.4 is 5.32 Å². The Morgan fingerprint density at radius 3 is 2.38 bits per heavy atom. The Labute approximate surface area is 99.8 Å². The van der Waals surface area contributed by atoms with E-state index < -0.39 is 0 Å². The Morgan fingerprint density at radius 1 is 0.875 bits per heavy atom. The van der Waals surface area contributed by atoms with Gasteiger partial charge in [0.2, 0.25) is 0 Å². The van der Waals surface area contributed by atoms with Crippen LogP contribution >= 0.6 is 0 Å². The summed E-state index contributed by atoms with van der Waals surface area (Å²) in [4.78, 5) is 2.72. The third-order valence-electron chi connectivity index (χ3n) is 4.72. The van der Waals surface area contributed by atoms with E-state index in [9.17, 15) is 0 Å². The maximum Gasteiger partial charge on any atom is 0.00965 e. The van der Waals surface area contributed by atoms with Gasteiger partial charge in [0, 0.05) is 12.6 Å². The van der Waals surface area contributed by atoms with Crippen molar-refractivity contribution in [3.8, 4) is 0 Å². The summed E-state index contributed by atoms with van der Waals surface area (Å²) in [7, 11) is 0. The second-order valence-corrected chi connectivity index (χ2v) is 6.19. The van der Waals surface area contributed by atoms with Crippen LogP contribution in [-0.4, -0.2) is 37.1 Å². The summed E-state index contributed by atoms with van der Waals surface area (Å²) >= 11 is 0. The number of nitrogens with one attached hydrogen (secondary N) is 1. The molecule has 1 aliphatic heterocycles. The molecule has 2 aliphatic carbocycles. The predicted octanol–water partition coefficient (Wildman–Crippen LogP) is 2.25. The molecule has 3 aliphatic rings. The lowest BCUT2D eigenvalue weighted by Crippen LogP contribution is -2.30. The first-order valence-electron chi connectivity index (χ1n) is 7.36. The molecular formula is C14H26N2. The first-order valence-corrected chi connectivity index (χ1v) is 7.36. The van der Waals surface area contributed by atoms with Crippen LogP contribution in [0.5, 0.6) is 0 Å². The van der Waals surface area contributed by atoms with Gasteiger partial charge in [0.1, 0.15) is 0 Å². The molecule has 0 spiro atoms. The van der Waals surface area contributed by atoms with Crippen LogP contribution in [0.4, 0.5) is 0 Å². The molecule has 1 saturated heterocycles. The maximum atomic E-state index is 3.72. The van der Waals surface area contributed by atoms with Crippen molar-refractivity contribution >= 4 is 0 Å². The normalized spacial score (nSPS) is 32.6. The molecule has 3 rings (SSSR count). The average Bonchev–Trinajstić information content (AvgIpc) is 2.83. The van der Waals surface area contributed by atoms with E-state index in [1.165, 1.54) is 71.1 Å². The van der Waals surface area contributed by atoms with Gasteiger partial charge in [0.05, 0.1) is 0 Å². The van der Waals surface area contributed by atoms with Gasteiger partial charge in [-0.2, -0.15) is 0 Å². The molecule has 2 heteroatoms. The number of nitrogens with zero attached hydrogens (tertiary/aromatic N) is 1.